The molecule has 22 heavy (non-hydrogen) atoms. The number of hydrogen-bond donors (Lipinski definition) is 2. The topological polar surface area (TPSA) is 103 Å². The third-order valence-corrected chi connectivity index (χ3v) is 5.79. The van der Waals surface area contributed by atoms with Crippen LogP contribution in [0.1, 0.15) is 0 Å². The molecule has 2 aromatic rings. The van der Waals surface area contributed by atoms with E-state index in [-0.39, 0.29) is 5.96 Å². The fraction of sp³-hybridized carbons (Fsp3) is 0.286. The van der Waals surface area contributed by atoms with E-state index >= 15 is 0 Å². The monoisotopic (exact) mass is 319 g/mol. The number of nitrogens with one attached hydrogen (secondary N) is 1. The van der Waals surface area contributed by atoms with Gasteiger partial charge < -0.3 is 10.6 Å². The number of piperazine rings is 1. The Hall–Kier alpha value is -2.19. The SMILES string of the molecule is N=C(N)N1CCN(S(=O)(=O)c2cccc3cnccc23)CC1. The molecule has 8 heteroatoms. The standard InChI is InChI=1S/C14H17N5O2S/c15-14(16)18-6-8-19(9-7-18)22(20,21)13-3-1-2-11-10-17-5-4-12(11)13/h1-5,10H,6-9H2,(H3,15,16). The van der Waals surface area contributed by atoms with Gasteiger partial charge in [-0.05, 0) is 12.1 Å². The molecule has 0 amide bonds. The number of nitrogens with two attached hydrogens (primary N) is 1. The summed E-state index contributed by atoms with van der Waals surface area (Å²) in [5, 5.41) is 8.88. The van der Waals surface area contributed by atoms with Gasteiger partial charge in [0.15, 0.2) is 5.96 Å². The average molecular weight is 319 g/mol. The molecular formula is C14H17N5O2S. The number of benzene rings is 1. The van der Waals surface area contributed by atoms with Crippen molar-refractivity contribution in [1.29, 1.82) is 5.41 Å². The van der Waals surface area contributed by atoms with Crippen LogP contribution in [0.4, 0.5) is 0 Å². The lowest BCUT2D eigenvalue weighted by Crippen LogP contribution is -2.52. The Labute approximate surface area is 128 Å². The Kier molecular flexibility index (Phi) is 3.71. The van der Waals surface area contributed by atoms with E-state index in [0.29, 0.717) is 36.5 Å². The number of sulfonamides is 1. The number of fused-ring (bicyclic) bond motifs is 1. The summed E-state index contributed by atoms with van der Waals surface area (Å²) in [6, 6.07) is 6.90. The van der Waals surface area contributed by atoms with Crippen molar-refractivity contribution in [2.75, 3.05) is 26.2 Å². The second kappa shape index (κ2) is 5.54. The lowest BCUT2D eigenvalue weighted by Gasteiger charge is -2.34. The Morgan fingerprint density at radius 3 is 2.59 bits per heavy atom. The van der Waals surface area contributed by atoms with Crippen LogP contribution < -0.4 is 5.73 Å². The Bertz CT molecular complexity index is 808. The molecule has 1 aromatic carbocycles. The van der Waals surface area contributed by atoms with Crippen LogP contribution in [0.25, 0.3) is 10.8 Å². The smallest absolute Gasteiger partial charge is 0.243 e. The molecular weight excluding hydrogens is 302 g/mol. The van der Waals surface area contributed by atoms with Gasteiger partial charge in [-0.2, -0.15) is 4.31 Å². The van der Waals surface area contributed by atoms with Crippen LogP contribution in [-0.2, 0) is 10.0 Å². The van der Waals surface area contributed by atoms with Gasteiger partial charge in [-0.3, -0.25) is 10.4 Å². The van der Waals surface area contributed by atoms with Crippen molar-refractivity contribution in [1.82, 2.24) is 14.2 Å². The first-order valence-corrected chi connectivity index (χ1v) is 8.36. The third-order valence-electron chi connectivity index (χ3n) is 3.84. The van der Waals surface area contributed by atoms with E-state index in [0.717, 1.165) is 5.39 Å². The summed E-state index contributed by atoms with van der Waals surface area (Å²) >= 11 is 0. The first-order valence-electron chi connectivity index (χ1n) is 6.92. The van der Waals surface area contributed by atoms with Crippen molar-refractivity contribution in [2.24, 2.45) is 5.73 Å². The van der Waals surface area contributed by atoms with Gasteiger partial charge in [-0.25, -0.2) is 8.42 Å². The Morgan fingerprint density at radius 2 is 1.91 bits per heavy atom. The first kappa shape index (κ1) is 14.7. The highest BCUT2D eigenvalue weighted by molar-refractivity contribution is 7.89. The number of rotatable bonds is 2. The molecule has 1 saturated heterocycles. The summed E-state index contributed by atoms with van der Waals surface area (Å²) in [5.74, 6) is -0.0201. The normalized spacial score (nSPS) is 16.8. The van der Waals surface area contributed by atoms with E-state index in [1.807, 2.05) is 6.07 Å². The average Bonchev–Trinajstić information content (AvgIpc) is 2.54. The molecule has 7 nitrogen and oxygen atoms in total. The molecule has 116 valence electrons. The molecule has 3 N–H and O–H groups in total. The van der Waals surface area contributed by atoms with Crippen LogP contribution in [0.15, 0.2) is 41.6 Å². The molecule has 0 spiro atoms. The van der Waals surface area contributed by atoms with Crippen LogP contribution >= 0.6 is 0 Å². The van der Waals surface area contributed by atoms with E-state index < -0.39 is 10.0 Å². The van der Waals surface area contributed by atoms with Gasteiger partial charge >= 0.3 is 0 Å². The zero-order valence-corrected chi connectivity index (χ0v) is 12.8. The number of nitrogens with zero attached hydrogens (tertiary/aromatic N) is 3. The highest BCUT2D eigenvalue weighted by atomic mass is 32.2. The van der Waals surface area contributed by atoms with Crippen LogP contribution in [0.5, 0.6) is 0 Å². The first-order chi connectivity index (χ1) is 10.5. The van der Waals surface area contributed by atoms with Gasteiger partial charge in [0, 0.05) is 49.3 Å². The molecule has 0 atom stereocenters. The van der Waals surface area contributed by atoms with E-state index in [1.54, 1.807) is 35.5 Å². The van der Waals surface area contributed by atoms with Crippen molar-refractivity contribution in [2.45, 2.75) is 4.90 Å². The fourth-order valence-electron chi connectivity index (χ4n) is 2.63. The molecule has 0 bridgehead atoms. The van der Waals surface area contributed by atoms with Gasteiger partial charge in [-0.1, -0.05) is 12.1 Å². The molecule has 0 unspecified atom stereocenters. The molecule has 0 aliphatic carbocycles. The molecule has 1 aromatic heterocycles. The van der Waals surface area contributed by atoms with E-state index in [1.165, 1.54) is 4.31 Å². The van der Waals surface area contributed by atoms with Crippen LogP contribution in [0, 0.1) is 5.41 Å². The lowest BCUT2D eigenvalue weighted by molar-refractivity contribution is 0.263. The van der Waals surface area contributed by atoms with E-state index in [9.17, 15) is 8.42 Å². The largest absolute Gasteiger partial charge is 0.370 e. The number of aromatic nitrogens is 1. The predicted octanol–water partition coefficient (Wildman–Crippen LogP) is 0.435. The molecule has 0 radical (unpaired) electrons. The zero-order chi connectivity index (χ0) is 15.7. The molecule has 2 heterocycles. The van der Waals surface area contributed by atoms with Gasteiger partial charge in [0.25, 0.3) is 0 Å². The van der Waals surface area contributed by atoms with Crippen molar-refractivity contribution in [3.63, 3.8) is 0 Å². The summed E-state index contributed by atoms with van der Waals surface area (Å²) < 4.78 is 27.2. The van der Waals surface area contributed by atoms with Gasteiger partial charge in [0.1, 0.15) is 0 Å². The van der Waals surface area contributed by atoms with Gasteiger partial charge in [0.2, 0.25) is 10.0 Å². The number of guanidine groups is 1. The maximum atomic E-state index is 12.9. The summed E-state index contributed by atoms with van der Waals surface area (Å²) in [5.41, 5.74) is 5.44. The zero-order valence-electron chi connectivity index (χ0n) is 11.9. The van der Waals surface area contributed by atoms with Crippen molar-refractivity contribution in [3.05, 3.63) is 36.7 Å². The fourth-order valence-corrected chi connectivity index (χ4v) is 4.26. The van der Waals surface area contributed by atoms with Crippen molar-refractivity contribution < 1.29 is 8.42 Å². The molecule has 1 fully saturated rings. The minimum absolute atomic E-state index is 0.0201. The molecule has 3 rings (SSSR count). The highest BCUT2D eigenvalue weighted by Crippen LogP contribution is 2.25. The van der Waals surface area contributed by atoms with Crippen LogP contribution in [0.3, 0.4) is 0 Å². The van der Waals surface area contributed by atoms with Crippen LogP contribution in [-0.4, -0.2) is 54.7 Å². The summed E-state index contributed by atoms with van der Waals surface area (Å²) in [6.45, 7) is 1.51. The van der Waals surface area contributed by atoms with Crippen LogP contribution in [0.2, 0.25) is 0 Å². The lowest BCUT2D eigenvalue weighted by atomic mass is 10.2. The maximum Gasteiger partial charge on any atom is 0.243 e. The Balaban J connectivity index is 1.95. The second-order valence-corrected chi connectivity index (χ2v) is 7.04. The Morgan fingerprint density at radius 1 is 1.18 bits per heavy atom. The minimum atomic E-state index is -3.57. The molecule has 0 saturated carbocycles. The quantitative estimate of drug-likeness (QED) is 0.617. The van der Waals surface area contributed by atoms with E-state index in [4.69, 9.17) is 11.1 Å². The third kappa shape index (κ3) is 2.51. The summed E-state index contributed by atoms with van der Waals surface area (Å²) in [4.78, 5) is 5.99. The van der Waals surface area contributed by atoms with Gasteiger partial charge in [-0.15, -0.1) is 0 Å². The van der Waals surface area contributed by atoms with Crippen molar-refractivity contribution >= 4 is 26.8 Å². The molecule has 1 aliphatic rings. The summed E-state index contributed by atoms with van der Waals surface area (Å²) in [7, 11) is -3.57. The molecule has 1 aliphatic heterocycles. The maximum absolute atomic E-state index is 12.9. The number of hydrogen-bond acceptors (Lipinski definition) is 4. The second-order valence-electron chi connectivity index (χ2n) is 5.13. The van der Waals surface area contributed by atoms with Crippen molar-refractivity contribution in [3.8, 4) is 0 Å². The van der Waals surface area contributed by atoms with E-state index in [2.05, 4.69) is 4.98 Å². The number of pyridine rings is 1. The predicted molar refractivity (Wildman–Crippen MR) is 84.0 cm³/mol. The summed E-state index contributed by atoms with van der Waals surface area (Å²) in [6.07, 6.45) is 3.25. The minimum Gasteiger partial charge on any atom is -0.370 e. The highest BCUT2D eigenvalue weighted by Gasteiger charge is 2.29. The van der Waals surface area contributed by atoms with Gasteiger partial charge in [0.05, 0.1) is 4.90 Å².